The van der Waals surface area contributed by atoms with Gasteiger partial charge in [0.2, 0.25) is 0 Å². The largest absolute Gasteiger partial charge is 0.482 e. The maximum atomic E-state index is 11.9. The highest BCUT2D eigenvalue weighted by atomic mass is 16.5. The van der Waals surface area contributed by atoms with Crippen LogP contribution >= 0.6 is 0 Å². The van der Waals surface area contributed by atoms with Crippen LogP contribution in [-0.4, -0.2) is 34.7 Å². The summed E-state index contributed by atoms with van der Waals surface area (Å²) >= 11 is 0. The van der Waals surface area contributed by atoms with Crippen LogP contribution in [0.15, 0.2) is 12.1 Å². The second kappa shape index (κ2) is 4.63. The molecule has 0 saturated carbocycles. The predicted molar refractivity (Wildman–Crippen MR) is 91.5 cm³/mol. The summed E-state index contributed by atoms with van der Waals surface area (Å²) in [6.45, 7) is 2.18. The molecule has 0 radical (unpaired) electrons. The van der Waals surface area contributed by atoms with Crippen LogP contribution < -0.4 is 9.64 Å². The van der Waals surface area contributed by atoms with E-state index in [9.17, 15) is 4.79 Å². The summed E-state index contributed by atoms with van der Waals surface area (Å²) in [4.78, 5) is 17.1. The minimum atomic E-state index is -0.0276. The maximum Gasteiger partial charge on any atom is 0.264 e. The molecule has 6 nitrogen and oxygen atoms in total. The first-order valence-electron chi connectivity index (χ1n) is 8.25. The molecule has 2 N–H and O–H groups in total. The number of nitrogens with zero attached hydrogens (tertiary/aromatic N) is 2. The van der Waals surface area contributed by atoms with Gasteiger partial charge in [-0.3, -0.25) is 9.89 Å². The number of anilines is 1. The van der Waals surface area contributed by atoms with Gasteiger partial charge >= 0.3 is 0 Å². The van der Waals surface area contributed by atoms with Crippen LogP contribution in [-0.2, 0) is 17.6 Å². The van der Waals surface area contributed by atoms with Crippen LogP contribution in [0.3, 0.4) is 0 Å². The minimum absolute atomic E-state index is 0.0276. The molecule has 0 fully saturated rings. The van der Waals surface area contributed by atoms with Crippen molar-refractivity contribution < 1.29 is 9.53 Å². The van der Waals surface area contributed by atoms with Crippen LogP contribution in [0, 0.1) is 6.92 Å². The van der Waals surface area contributed by atoms with Crippen molar-refractivity contribution in [3.63, 3.8) is 0 Å². The lowest BCUT2D eigenvalue weighted by atomic mass is 10.0. The lowest BCUT2D eigenvalue weighted by Gasteiger charge is -2.26. The number of rotatable bonds is 0. The zero-order valence-electron chi connectivity index (χ0n) is 13.7. The summed E-state index contributed by atoms with van der Waals surface area (Å²) in [7, 11) is 1.79. The SMILES string of the molecule is Cc1[nH]nc2c1CCCc1c-2[nH]c2cc3c(cc12)OCC(=O)N3C. The van der Waals surface area contributed by atoms with E-state index >= 15 is 0 Å². The smallest absolute Gasteiger partial charge is 0.264 e. The Balaban J connectivity index is 1.78. The number of aryl methyl sites for hydroxylation is 2. The number of likely N-dealkylation sites (N-methyl/N-ethyl adjacent to an activating group) is 1. The molecule has 3 aromatic rings. The molecule has 0 unspecified atom stereocenters. The Bertz CT molecular complexity index is 998. The van der Waals surface area contributed by atoms with E-state index in [2.05, 4.69) is 28.2 Å². The number of nitrogens with one attached hydrogen (secondary N) is 2. The fraction of sp³-hybridized carbons (Fsp3) is 0.333. The number of aromatic nitrogens is 3. The first kappa shape index (κ1) is 13.7. The summed E-state index contributed by atoms with van der Waals surface area (Å²) in [6, 6.07) is 4.07. The monoisotopic (exact) mass is 322 g/mol. The van der Waals surface area contributed by atoms with Crippen LogP contribution in [0.2, 0.25) is 0 Å². The molecular weight excluding hydrogens is 304 g/mol. The minimum Gasteiger partial charge on any atom is -0.482 e. The number of ether oxygens (including phenoxy) is 1. The third-order valence-electron chi connectivity index (χ3n) is 5.24. The van der Waals surface area contributed by atoms with Gasteiger partial charge in [-0.2, -0.15) is 5.10 Å². The van der Waals surface area contributed by atoms with Gasteiger partial charge in [-0.15, -0.1) is 0 Å². The average Bonchev–Trinajstić information content (AvgIpc) is 3.05. The Labute approximate surface area is 138 Å². The topological polar surface area (TPSA) is 74.0 Å². The molecule has 3 heterocycles. The molecule has 2 aromatic heterocycles. The van der Waals surface area contributed by atoms with Crippen LogP contribution in [0.4, 0.5) is 5.69 Å². The van der Waals surface area contributed by atoms with E-state index in [-0.39, 0.29) is 12.5 Å². The van der Waals surface area contributed by atoms with Crippen molar-refractivity contribution in [1.82, 2.24) is 15.2 Å². The number of benzene rings is 1. The van der Waals surface area contributed by atoms with Crippen molar-refractivity contribution in [2.24, 2.45) is 0 Å². The highest BCUT2D eigenvalue weighted by molar-refractivity contribution is 6.02. The van der Waals surface area contributed by atoms with Gasteiger partial charge < -0.3 is 14.6 Å². The summed E-state index contributed by atoms with van der Waals surface area (Å²) < 4.78 is 5.65. The fourth-order valence-corrected chi connectivity index (χ4v) is 3.88. The molecule has 2 aliphatic rings. The average molecular weight is 322 g/mol. The molecule has 0 atom stereocenters. The number of carbonyl (C=O) groups excluding carboxylic acids is 1. The standard InChI is InChI=1S/C18H18N4O2/c1-9-10-4-3-5-11-12-6-15-14(22(2)16(23)8-24-15)7-13(12)19-17(11)18(10)21-20-9/h6-7,19H,3-5,8H2,1-2H3,(H,20,21). The van der Waals surface area contributed by atoms with Gasteiger partial charge in [0.05, 0.1) is 11.4 Å². The fourth-order valence-electron chi connectivity index (χ4n) is 3.88. The van der Waals surface area contributed by atoms with Gasteiger partial charge in [-0.05, 0) is 43.9 Å². The predicted octanol–water partition coefficient (Wildman–Crippen LogP) is 2.71. The molecule has 1 aliphatic carbocycles. The Morgan fingerprint density at radius 3 is 2.96 bits per heavy atom. The van der Waals surface area contributed by atoms with E-state index in [1.165, 1.54) is 16.5 Å². The first-order valence-corrected chi connectivity index (χ1v) is 8.25. The van der Waals surface area contributed by atoms with Crippen molar-refractivity contribution in [3.8, 4) is 17.1 Å². The quantitative estimate of drug-likeness (QED) is 0.668. The second-order valence-electron chi connectivity index (χ2n) is 6.61. The Kier molecular flexibility index (Phi) is 2.63. The molecule has 5 rings (SSSR count). The summed E-state index contributed by atoms with van der Waals surface area (Å²) in [5.41, 5.74) is 7.70. The highest BCUT2D eigenvalue weighted by Gasteiger charge is 2.27. The first-order chi connectivity index (χ1) is 11.6. The normalized spacial score (nSPS) is 16.4. The van der Waals surface area contributed by atoms with Crippen molar-refractivity contribution >= 4 is 22.5 Å². The Morgan fingerprint density at radius 1 is 1.25 bits per heavy atom. The van der Waals surface area contributed by atoms with Gasteiger partial charge in [-0.25, -0.2) is 0 Å². The third kappa shape index (κ3) is 1.71. The number of H-pyrrole nitrogens is 2. The van der Waals surface area contributed by atoms with Gasteiger partial charge in [0.25, 0.3) is 5.91 Å². The number of amides is 1. The van der Waals surface area contributed by atoms with Crippen molar-refractivity contribution in [2.45, 2.75) is 26.2 Å². The number of fused-ring (bicyclic) bond motifs is 6. The molecule has 1 aromatic carbocycles. The van der Waals surface area contributed by atoms with Gasteiger partial charge in [0.15, 0.2) is 6.61 Å². The molecule has 6 heteroatoms. The third-order valence-corrected chi connectivity index (χ3v) is 5.24. The van der Waals surface area contributed by atoms with Crippen LogP contribution in [0.1, 0.15) is 23.2 Å². The molecule has 122 valence electrons. The van der Waals surface area contributed by atoms with Gasteiger partial charge in [-0.1, -0.05) is 0 Å². The number of hydrogen-bond acceptors (Lipinski definition) is 3. The summed E-state index contributed by atoms with van der Waals surface area (Å²) in [6.07, 6.45) is 3.16. The van der Waals surface area contributed by atoms with Crippen LogP contribution in [0.5, 0.6) is 5.75 Å². The van der Waals surface area contributed by atoms with Gasteiger partial charge in [0.1, 0.15) is 11.4 Å². The van der Waals surface area contributed by atoms with E-state index in [0.29, 0.717) is 0 Å². The molecule has 24 heavy (non-hydrogen) atoms. The van der Waals surface area contributed by atoms with Crippen molar-refractivity contribution in [3.05, 3.63) is 29.0 Å². The van der Waals surface area contributed by atoms with Gasteiger partial charge in [0, 0.05) is 29.2 Å². The van der Waals surface area contributed by atoms with E-state index in [1.807, 2.05) is 6.07 Å². The number of hydrogen-bond donors (Lipinski definition) is 2. The van der Waals surface area contributed by atoms with Crippen molar-refractivity contribution in [1.29, 1.82) is 0 Å². The Hall–Kier alpha value is -2.76. The summed E-state index contributed by atoms with van der Waals surface area (Å²) in [5.74, 6) is 0.745. The number of carbonyl (C=O) groups is 1. The molecule has 0 spiro atoms. The molecule has 0 bridgehead atoms. The molecular formula is C18H18N4O2. The highest BCUT2D eigenvalue weighted by Crippen LogP contribution is 2.41. The zero-order chi connectivity index (χ0) is 16.4. The van der Waals surface area contributed by atoms with Crippen LogP contribution in [0.25, 0.3) is 22.3 Å². The number of aromatic amines is 2. The van der Waals surface area contributed by atoms with E-state index in [4.69, 9.17) is 4.74 Å². The van der Waals surface area contributed by atoms with E-state index in [1.54, 1.807) is 11.9 Å². The molecule has 1 aliphatic heterocycles. The molecule has 0 saturated heterocycles. The van der Waals surface area contributed by atoms with Crippen molar-refractivity contribution in [2.75, 3.05) is 18.6 Å². The lowest BCUT2D eigenvalue weighted by Crippen LogP contribution is -2.35. The molecule has 1 amide bonds. The zero-order valence-corrected chi connectivity index (χ0v) is 13.7. The summed E-state index contributed by atoms with van der Waals surface area (Å²) in [5, 5.41) is 8.80. The van der Waals surface area contributed by atoms with E-state index < -0.39 is 0 Å². The Morgan fingerprint density at radius 2 is 2.08 bits per heavy atom. The maximum absolute atomic E-state index is 11.9. The second-order valence-corrected chi connectivity index (χ2v) is 6.61. The lowest BCUT2D eigenvalue weighted by molar-refractivity contribution is -0.120. The van der Waals surface area contributed by atoms with E-state index in [0.717, 1.165) is 53.3 Å².